The molecule has 0 aromatic carbocycles. The molecule has 3 heterocycles. The highest BCUT2D eigenvalue weighted by molar-refractivity contribution is 7.21. The Morgan fingerprint density at radius 1 is 1.43 bits per heavy atom. The van der Waals surface area contributed by atoms with E-state index < -0.39 is 6.10 Å². The third-order valence-electron chi connectivity index (χ3n) is 4.01. The van der Waals surface area contributed by atoms with Crippen molar-refractivity contribution in [3.05, 3.63) is 22.5 Å². The van der Waals surface area contributed by atoms with E-state index in [1.165, 1.54) is 11.3 Å². The predicted molar refractivity (Wildman–Crippen MR) is 84.2 cm³/mol. The fourth-order valence-electron chi connectivity index (χ4n) is 2.88. The number of carbonyl (C=O) groups is 1. The molecule has 4 rings (SSSR count). The second kappa shape index (κ2) is 5.08. The Morgan fingerprint density at radius 3 is 3.14 bits per heavy atom. The summed E-state index contributed by atoms with van der Waals surface area (Å²) in [6.07, 6.45) is 5.27. The predicted octanol–water partition coefficient (Wildman–Crippen LogP) is 2.64. The summed E-state index contributed by atoms with van der Waals surface area (Å²) in [5.41, 5.74) is 0.977. The van der Waals surface area contributed by atoms with E-state index in [0.717, 1.165) is 41.0 Å². The van der Waals surface area contributed by atoms with Crippen molar-refractivity contribution in [3.8, 4) is 0 Å². The molecule has 1 fully saturated rings. The monoisotopic (exact) mass is 321 g/mol. The fraction of sp³-hybridized carbons (Fsp3) is 0.429. The molecule has 2 N–H and O–H groups in total. The molecular weight excluding hydrogens is 306 g/mol. The van der Waals surface area contributed by atoms with Crippen LogP contribution < -0.4 is 5.32 Å². The van der Waals surface area contributed by atoms with Gasteiger partial charge in [0.2, 0.25) is 0 Å². The van der Waals surface area contributed by atoms with E-state index in [9.17, 15) is 9.90 Å². The number of rotatable bonds is 2. The van der Waals surface area contributed by atoms with Crippen molar-refractivity contribution >= 4 is 43.9 Å². The molecule has 7 heteroatoms. The van der Waals surface area contributed by atoms with Gasteiger partial charge in [-0.15, -0.1) is 22.7 Å². The second-order valence-electron chi connectivity index (χ2n) is 5.40. The number of aliphatic hydroxyl groups is 1. The molecule has 0 aliphatic heterocycles. The molecule has 1 aliphatic rings. The molecule has 0 radical (unpaired) electrons. The third kappa shape index (κ3) is 2.25. The van der Waals surface area contributed by atoms with E-state index in [4.69, 9.17) is 0 Å². The molecule has 1 aliphatic carbocycles. The van der Waals surface area contributed by atoms with E-state index in [0.29, 0.717) is 4.88 Å². The van der Waals surface area contributed by atoms with Crippen molar-refractivity contribution < 1.29 is 9.90 Å². The van der Waals surface area contributed by atoms with Crippen LogP contribution in [0.2, 0.25) is 0 Å². The third-order valence-corrected chi connectivity index (χ3v) is 5.78. The molecular formula is C14H15N3O2S2. The fourth-order valence-corrected chi connectivity index (χ4v) is 4.58. The van der Waals surface area contributed by atoms with Crippen LogP contribution in [0.5, 0.6) is 0 Å². The van der Waals surface area contributed by atoms with Crippen LogP contribution in [-0.2, 0) is 0 Å². The van der Waals surface area contributed by atoms with Crippen LogP contribution in [0.15, 0.2) is 17.6 Å². The quantitative estimate of drug-likeness (QED) is 0.762. The number of nitrogens with one attached hydrogen (secondary N) is 1. The second-order valence-corrected chi connectivity index (χ2v) is 7.30. The van der Waals surface area contributed by atoms with Gasteiger partial charge < -0.3 is 10.4 Å². The van der Waals surface area contributed by atoms with Crippen LogP contribution >= 0.6 is 22.7 Å². The van der Waals surface area contributed by atoms with Crippen LogP contribution in [0.25, 0.3) is 15.3 Å². The molecule has 2 atom stereocenters. The molecule has 0 unspecified atom stereocenters. The maximum absolute atomic E-state index is 12.4. The van der Waals surface area contributed by atoms with Gasteiger partial charge in [-0.2, -0.15) is 0 Å². The minimum absolute atomic E-state index is 0.104. The van der Waals surface area contributed by atoms with Gasteiger partial charge in [-0.3, -0.25) is 9.20 Å². The van der Waals surface area contributed by atoms with Crippen molar-refractivity contribution in [1.82, 2.24) is 14.7 Å². The van der Waals surface area contributed by atoms with Crippen LogP contribution in [0.4, 0.5) is 0 Å². The van der Waals surface area contributed by atoms with Crippen molar-refractivity contribution in [2.45, 2.75) is 37.8 Å². The summed E-state index contributed by atoms with van der Waals surface area (Å²) in [5.74, 6) is -0.104. The SMILES string of the molecule is O=C(N[C@@H]1CCCC[C@H]1O)c1cc2c(nc3sccn32)s1. The van der Waals surface area contributed by atoms with Crippen molar-refractivity contribution in [3.63, 3.8) is 0 Å². The van der Waals surface area contributed by atoms with Crippen LogP contribution in [0.1, 0.15) is 35.4 Å². The summed E-state index contributed by atoms with van der Waals surface area (Å²) in [6, 6.07) is 1.77. The summed E-state index contributed by atoms with van der Waals surface area (Å²) in [6.45, 7) is 0. The number of imidazole rings is 1. The summed E-state index contributed by atoms with van der Waals surface area (Å²) >= 11 is 2.99. The number of hydrogen-bond acceptors (Lipinski definition) is 5. The number of aliphatic hydroxyl groups excluding tert-OH is 1. The van der Waals surface area contributed by atoms with Crippen LogP contribution in [0, 0.1) is 0 Å². The maximum atomic E-state index is 12.4. The van der Waals surface area contributed by atoms with Gasteiger partial charge in [0, 0.05) is 11.6 Å². The Hall–Kier alpha value is -1.44. The Balaban J connectivity index is 1.59. The number of thiophene rings is 1. The first-order valence-electron chi connectivity index (χ1n) is 7.06. The molecule has 3 aromatic heterocycles. The van der Waals surface area contributed by atoms with Gasteiger partial charge in [0.1, 0.15) is 4.83 Å². The average molecular weight is 321 g/mol. The number of aromatic nitrogens is 2. The van der Waals surface area contributed by atoms with E-state index >= 15 is 0 Å². The van der Waals surface area contributed by atoms with Crippen molar-refractivity contribution in [2.75, 3.05) is 0 Å². The molecule has 3 aromatic rings. The molecule has 21 heavy (non-hydrogen) atoms. The number of carbonyl (C=O) groups excluding carboxylic acids is 1. The smallest absolute Gasteiger partial charge is 0.261 e. The Bertz CT molecular complexity index is 804. The average Bonchev–Trinajstić information content (AvgIpc) is 3.12. The van der Waals surface area contributed by atoms with Gasteiger partial charge in [-0.1, -0.05) is 12.8 Å². The van der Waals surface area contributed by atoms with E-state index in [1.54, 1.807) is 11.3 Å². The standard InChI is InChI=1S/C14H15N3O2S2/c18-10-4-2-1-3-8(10)15-12(19)11-7-9-13(21-11)16-14-17(9)5-6-20-14/h5-8,10,18H,1-4H2,(H,15,19)/t8-,10-/m1/s1. The summed E-state index contributed by atoms with van der Waals surface area (Å²) < 4.78 is 2.00. The van der Waals surface area contributed by atoms with Gasteiger partial charge in [0.15, 0.2) is 4.96 Å². The first kappa shape index (κ1) is 13.2. The van der Waals surface area contributed by atoms with Crippen molar-refractivity contribution in [2.24, 2.45) is 0 Å². The summed E-state index contributed by atoms with van der Waals surface area (Å²) in [7, 11) is 0. The number of hydrogen-bond donors (Lipinski definition) is 2. The molecule has 1 amide bonds. The molecule has 0 saturated heterocycles. The van der Waals surface area contributed by atoms with Crippen molar-refractivity contribution in [1.29, 1.82) is 0 Å². The van der Waals surface area contributed by atoms with Gasteiger partial charge in [0.05, 0.1) is 22.5 Å². The number of thiazole rings is 1. The lowest BCUT2D eigenvalue weighted by Gasteiger charge is -2.28. The Labute approximate surface area is 129 Å². The molecule has 5 nitrogen and oxygen atoms in total. The maximum Gasteiger partial charge on any atom is 0.261 e. The lowest BCUT2D eigenvalue weighted by Crippen LogP contribution is -2.44. The lowest BCUT2D eigenvalue weighted by atomic mass is 9.92. The normalized spacial score (nSPS) is 22.9. The highest BCUT2D eigenvalue weighted by Gasteiger charge is 2.25. The Kier molecular flexibility index (Phi) is 3.20. The molecule has 1 saturated carbocycles. The van der Waals surface area contributed by atoms with Gasteiger partial charge in [-0.05, 0) is 18.9 Å². The zero-order valence-corrected chi connectivity index (χ0v) is 12.9. The molecule has 0 spiro atoms. The number of fused-ring (bicyclic) bond motifs is 3. The first-order valence-corrected chi connectivity index (χ1v) is 8.76. The Morgan fingerprint density at radius 2 is 2.29 bits per heavy atom. The highest BCUT2D eigenvalue weighted by Crippen LogP contribution is 2.28. The zero-order chi connectivity index (χ0) is 14.4. The number of amides is 1. The zero-order valence-electron chi connectivity index (χ0n) is 11.3. The largest absolute Gasteiger partial charge is 0.391 e. The van der Waals surface area contributed by atoms with Crippen LogP contribution in [0.3, 0.4) is 0 Å². The van der Waals surface area contributed by atoms with Gasteiger partial charge >= 0.3 is 0 Å². The van der Waals surface area contributed by atoms with E-state index in [2.05, 4.69) is 10.3 Å². The summed E-state index contributed by atoms with van der Waals surface area (Å²) in [5, 5.41) is 14.9. The first-order chi connectivity index (χ1) is 10.2. The van der Waals surface area contributed by atoms with Gasteiger partial charge in [-0.25, -0.2) is 4.98 Å². The van der Waals surface area contributed by atoms with Crippen LogP contribution in [-0.4, -0.2) is 32.5 Å². The van der Waals surface area contributed by atoms with Gasteiger partial charge in [0.25, 0.3) is 5.91 Å². The highest BCUT2D eigenvalue weighted by atomic mass is 32.1. The van der Waals surface area contributed by atoms with E-state index in [1.807, 2.05) is 22.0 Å². The number of nitrogens with zero attached hydrogens (tertiary/aromatic N) is 2. The molecule has 0 bridgehead atoms. The minimum Gasteiger partial charge on any atom is -0.391 e. The van der Waals surface area contributed by atoms with E-state index in [-0.39, 0.29) is 11.9 Å². The lowest BCUT2D eigenvalue weighted by molar-refractivity contribution is 0.0720. The topological polar surface area (TPSA) is 66.6 Å². The summed E-state index contributed by atoms with van der Waals surface area (Å²) in [4.78, 5) is 19.4. The molecule has 110 valence electrons. The minimum atomic E-state index is -0.419.